The van der Waals surface area contributed by atoms with Crippen LogP contribution < -0.4 is 10.1 Å². The number of ether oxygens (including phenoxy) is 1. The molecule has 1 aromatic carbocycles. The van der Waals surface area contributed by atoms with Crippen LogP contribution in [0.5, 0.6) is 5.75 Å². The molecule has 0 aromatic heterocycles. The summed E-state index contributed by atoms with van der Waals surface area (Å²) < 4.78 is 5.91. The number of hydrogen-bond donors (Lipinski definition) is 1. The van der Waals surface area contributed by atoms with Crippen molar-refractivity contribution >= 4 is 0 Å². The van der Waals surface area contributed by atoms with E-state index >= 15 is 0 Å². The van der Waals surface area contributed by atoms with Crippen LogP contribution in [0.4, 0.5) is 0 Å². The van der Waals surface area contributed by atoms with Gasteiger partial charge in [-0.05, 0) is 38.3 Å². The van der Waals surface area contributed by atoms with E-state index in [9.17, 15) is 0 Å². The summed E-state index contributed by atoms with van der Waals surface area (Å²) in [4.78, 5) is 0. The Balaban J connectivity index is 2.66. The first-order valence-electron chi connectivity index (χ1n) is 7.39. The minimum absolute atomic E-state index is 0.385. The fourth-order valence-electron chi connectivity index (χ4n) is 2.10. The third kappa shape index (κ3) is 5.48. The SMILES string of the molecule is C=CCCCOc1ccccc1C(CC)NCCC. The van der Waals surface area contributed by atoms with Crippen molar-refractivity contribution in [3.05, 3.63) is 42.5 Å². The van der Waals surface area contributed by atoms with Gasteiger partial charge in [0, 0.05) is 11.6 Å². The van der Waals surface area contributed by atoms with Gasteiger partial charge in [-0.15, -0.1) is 6.58 Å². The van der Waals surface area contributed by atoms with Gasteiger partial charge < -0.3 is 10.1 Å². The summed E-state index contributed by atoms with van der Waals surface area (Å²) in [5.74, 6) is 1.02. The summed E-state index contributed by atoms with van der Waals surface area (Å²) in [7, 11) is 0. The van der Waals surface area contributed by atoms with Crippen molar-refractivity contribution in [3.63, 3.8) is 0 Å². The quantitative estimate of drug-likeness (QED) is 0.495. The average Bonchev–Trinajstić information content (AvgIpc) is 2.45. The molecule has 106 valence electrons. The topological polar surface area (TPSA) is 21.3 Å². The van der Waals surface area contributed by atoms with Gasteiger partial charge in [-0.1, -0.05) is 38.1 Å². The molecule has 0 heterocycles. The number of hydrogen-bond acceptors (Lipinski definition) is 2. The van der Waals surface area contributed by atoms with E-state index in [2.05, 4.69) is 43.9 Å². The van der Waals surface area contributed by atoms with Gasteiger partial charge in [0.25, 0.3) is 0 Å². The van der Waals surface area contributed by atoms with Gasteiger partial charge in [-0.25, -0.2) is 0 Å². The fourth-order valence-corrected chi connectivity index (χ4v) is 2.10. The minimum Gasteiger partial charge on any atom is -0.493 e. The molecular weight excluding hydrogens is 234 g/mol. The minimum atomic E-state index is 0.385. The van der Waals surface area contributed by atoms with E-state index in [0.717, 1.165) is 44.6 Å². The molecule has 1 rings (SSSR count). The van der Waals surface area contributed by atoms with E-state index in [0.29, 0.717) is 6.04 Å². The summed E-state index contributed by atoms with van der Waals surface area (Å²) >= 11 is 0. The maximum absolute atomic E-state index is 5.91. The Morgan fingerprint density at radius 1 is 1.32 bits per heavy atom. The van der Waals surface area contributed by atoms with Crippen LogP contribution in [-0.4, -0.2) is 13.2 Å². The zero-order valence-corrected chi connectivity index (χ0v) is 12.3. The molecule has 0 fully saturated rings. The molecule has 0 aliphatic carbocycles. The molecule has 1 N–H and O–H groups in total. The number of nitrogens with one attached hydrogen (secondary N) is 1. The molecular formula is C17H27NO. The van der Waals surface area contributed by atoms with Crippen molar-refractivity contribution in [2.24, 2.45) is 0 Å². The fraction of sp³-hybridized carbons (Fsp3) is 0.529. The van der Waals surface area contributed by atoms with E-state index in [-0.39, 0.29) is 0 Å². The van der Waals surface area contributed by atoms with Gasteiger partial charge in [0.05, 0.1) is 6.61 Å². The Hall–Kier alpha value is -1.28. The van der Waals surface area contributed by atoms with Crippen LogP contribution in [0.15, 0.2) is 36.9 Å². The Morgan fingerprint density at radius 2 is 2.11 bits per heavy atom. The Labute approximate surface area is 117 Å². The second-order valence-corrected chi connectivity index (χ2v) is 4.73. The molecule has 1 atom stereocenters. The number of allylic oxidation sites excluding steroid dienone is 1. The zero-order valence-electron chi connectivity index (χ0n) is 12.3. The molecule has 2 nitrogen and oxygen atoms in total. The van der Waals surface area contributed by atoms with Crippen LogP contribution in [0.1, 0.15) is 51.1 Å². The van der Waals surface area contributed by atoms with Crippen LogP contribution in [0, 0.1) is 0 Å². The number of rotatable bonds is 10. The first-order valence-corrected chi connectivity index (χ1v) is 7.39. The van der Waals surface area contributed by atoms with Crippen molar-refractivity contribution in [2.45, 2.75) is 45.6 Å². The van der Waals surface area contributed by atoms with Gasteiger partial charge in [-0.3, -0.25) is 0 Å². The molecule has 0 spiro atoms. The van der Waals surface area contributed by atoms with Crippen molar-refractivity contribution in [1.82, 2.24) is 5.32 Å². The van der Waals surface area contributed by atoms with E-state index in [1.165, 1.54) is 5.56 Å². The Morgan fingerprint density at radius 3 is 2.79 bits per heavy atom. The van der Waals surface area contributed by atoms with Gasteiger partial charge in [0.1, 0.15) is 5.75 Å². The van der Waals surface area contributed by atoms with E-state index in [1.807, 2.05) is 12.1 Å². The summed E-state index contributed by atoms with van der Waals surface area (Å²) in [6, 6.07) is 8.75. The predicted molar refractivity (Wildman–Crippen MR) is 82.7 cm³/mol. The molecule has 0 amide bonds. The Bertz CT molecular complexity index is 362. The third-order valence-corrected chi connectivity index (χ3v) is 3.15. The van der Waals surface area contributed by atoms with Crippen molar-refractivity contribution in [1.29, 1.82) is 0 Å². The summed E-state index contributed by atoms with van der Waals surface area (Å²) in [6.45, 7) is 9.94. The van der Waals surface area contributed by atoms with Crippen LogP contribution in [-0.2, 0) is 0 Å². The van der Waals surface area contributed by atoms with E-state index < -0.39 is 0 Å². The van der Waals surface area contributed by atoms with Crippen LogP contribution in [0.25, 0.3) is 0 Å². The largest absolute Gasteiger partial charge is 0.493 e. The highest BCUT2D eigenvalue weighted by atomic mass is 16.5. The van der Waals surface area contributed by atoms with Gasteiger partial charge in [0.2, 0.25) is 0 Å². The summed E-state index contributed by atoms with van der Waals surface area (Å²) in [6.07, 6.45) is 6.20. The molecule has 0 aliphatic heterocycles. The van der Waals surface area contributed by atoms with Crippen molar-refractivity contribution in [2.75, 3.05) is 13.2 Å². The lowest BCUT2D eigenvalue weighted by atomic mass is 10.0. The van der Waals surface area contributed by atoms with Crippen LogP contribution >= 0.6 is 0 Å². The first-order chi connectivity index (χ1) is 9.33. The summed E-state index contributed by atoms with van der Waals surface area (Å²) in [5.41, 5.74) is 1.28. The average molecular weight is 261 g/mol. The maximum Gasteiger partial charge on any atom is 0.124 e. The lowest BCUT2D eigenvalue weighted by molar-refractivity contribution is 0.304. The van der Waals surface area contributed by atoms with Crippen LogP contribution in [0.3, 0.4) is 0 Å². The molecule has 0 saturated heterocycles. The van der Waals surface area contributed by atoms with Gasteiger partial charge in [-0.2, -0.15) is 0 Å². The van der Waals surface area contributed by atoms with Crippen molar-refractivity contribution in [3.8, 4) is 5.75 Å². The maximum atomic E-state index is 5.91. The zero-order chi connectivity index (χ0) is 13.9. The van der Waals surface area contributed by atoms with Crippen LogP contribution in [0.2, 0.25) is 0 Å². The summed E-state index contributed by atoms with van der Waals surface area (Å²) in [5, 5.41) is 3.58. The molecule has 0 bridgehead atoms. The van der Waals surface area contributed by atoms with Gasteiger partial charge in [0.15, 0.2) is 0 Å². The molecule has 1 unspecified atom stereocenters. The monoisotopic (exact) mass is 261 g/mol. The Kier molecular flexibility index (Phi) is 7.99. The van der Waals surface area contributed by atoms with E-state index in [1.54, 1.807) is 0 Å². The number of unbranched alkanes of at least 4 members (excludes halogenated alkanes) is 1. The normalized spacial score (nSPS) is 12.1. The van der Waals surface area contributed by atoms with Gasteiger partial charge >= 0.3 is 0 Å². The lowest BCUT2D eigenvalue weighted by Gasteiger charge is -2.20. The standard InChI is InChI=1S/C17H27NO/c1-4-7-10-14-19-17-12-9-8-11-15(17)16(6-3)18-13-5-2/h4,8-9,11-12,16,18H,1,5-7,10,13-14H2,2-3H3. The number of para-hydroxylation sites is 1. The smallest absolute Gasteiger partial charge is 0.124 e. The lowest BCUT2D eigenvalue weighted by Crippen LogP contribution is -2.22. The first kappa shape index (κ1) is 15.8. The second-order valence-electron chi connectivity index (χ2n) is 4.73. The highest BCUT2D eigenvalue weighted by Crippen LogP contribution is 2.27. The molecule has 0 radical (unpaired) electrons. The molecule has 0 aliphatic rings. The molecule has 2 heteroatoms. The predicted octanol–water partition coefficient (Wildman–Crippen LogP) is 4.48. The third-order valence-electron chi connectivity index (χ3n) is 3.15. The highest BCUT2D eigenvalue weighted by molar-refractivity contribution is 5.35. The van der Waals surface area contributed by atoms with Crippen molar-refractivity contribution < 1.29 is 4.74 Å². The highest BCUT2D eigenvalue weighted by Gasteiger charge is 2.13. The molecule has 19 heavy (non-hydrogen) atoms. The molecule has 1 aromatic rings. The number of benzene rings is 1. The van der Waals surface area contributed by atoms with E-state index in [4.69, 9.17) is 4.74 Å². The molecule has 0 saturated carbocycles. The second kappa shape index (κ2) is 9.62.